The highest BCUT2D eigenvalue weighted by molar-refractivity contribution is 7.47. The van der Waals surface area contributed by atoms with Crippen LogP contribution >= 0.6 is 7.82 Å². The number of allylic oxidation sites excluding steroid dienone is 10. The molecule has 0 aromatic carbocycles. The minimum Gasteiger partial charge on any atom is -0.462 e. The van der Waals surface area contributed by atoms with Crippen LogP contribution in [0.5, 0.6) is 0 Å². The van der Waals surface area contributed by atoms with Crippen molar-refractivity contribution in [1.29, 1.82) is 0 Å². The van der Waals surface area contributed by atoms with E-state index in [-0.39, 0.29) is 25.9 Å². The molecule has 0 aliphatic heterocycles. The van der Waals surface area contributed by atoms with Crippen molar-refractivity contribution in [3.63, 3.8) is 0 Å². The van der Waals surface area contributed by atoms with Gasteiger partial charge >= 0.3 is 25.7 Å². The number of ether oxygens (including phenoxy) is 3. The largest absolute Gasteiger partial charge is 0.472 e. The molecular weight excluding hydrogens is 952 g/mol. The van der Waals surface area contributed by atoms with Gasteiger partial charge in [-0.3, -0.25) is 23.4 Å². The summed E-state index contributed by atoms with van der Waals surface area (Å²) in [6.07, 6.45) is 61.8. The standard InChI is InChI=1S/C62H111O11P/c1-4-7-10-13-16-19-21-23-25-27-29-31-33-35-37-40-43-46-49-52-61(65)72-58(54-63)56-70-74(67,68)71-57-59(55-69-60(64)51-48-45-42-39-18-15-12-9-6-3)73-62(66)53-50-47-44-41-38-36-34-32-30-28-26-24-22-20-17-14-11-8-5-2/h8,11,17,20,23-26,30,32,58-59,63H,4-7,9-10,12-16,18-19,21-22,27-29,31,33-57H2,1-3H3,(H,67,68)/b11-8-,20-17-,25-23-,26-24-,32-30-. The fraction of sp³-hybridized carbons (Fsp3) is 0.790. The Morgan fingerprint density at radius 1 is 0.392 bits per heavy atom. The summed E-state index contributed by atoms with van der Waals surface area (Å²) in [6, 6.07) is 0. The summed E-state index contributed by atoms with van der Waals surface area (Å²) in [5.41, 5.74) is 0. The van der Waals surface area contributed by atoms with Gasteiger partial charge in [0.25, 0.3) is 0 Å². The Morgan fingerprint density at radius 2 is 0.703 bits per heavy atom. The van der Waals surface area contributed by atoms with Crippen LogP contribution < -0.4 is 0 Å². The number of aliphatic hydroxyl groups is 1. The molecule has 0 heterocycles. The van der Waals surface area contributed by atoms with Gasteiger partial charge in [-0.1, -0.05) is 236 Å². The number of unbranched alkanes of at least 4 members (excludes halogenated alkanes) is 29. The number of phosphoric ester groups is 1. The number of carbonyl (C=O) groups excluding carboxylic acids is 3. The minimum absolute atomic E-state index is 0.152. The molecule has 0 saturated heterocycles. The number of phosphoric acid groups is 1. The Morgan fingerprint density at radius 3 is 1.09 bits per heavy atom. The molecule has 0 saturated carbocycles. The van der Waals surface area contributed by atoms with E-state index in [4.69, 9.17) is 23.3 Å². The van der Waals surface area contributed by atoms with Crippen LogP contribution in [0.2, 0.25) is 0 Å². The van der Waals surface area contributed by atoms with E-state index < -0.39 is 57.8 Å². The molecule has 0 amide bonds. The monoisotopic (exact) mass is 1060 g/mol. The van der Waals surface area contributed by atoms with Crippen LogP contribution in [-0.2, 0) is 42.2 Å². The van der Waals surface area contributed by atoms with Crippen molar-refractivity contribution in [2.75, 3.05) is 26.4 Å². The van der Waals surface area contributed by atoms with E-state index in [0.717, 1.165) is 103 Å². The van der Waals surface area contributed by atoms with Crippen LogP contribution in [0.25, 0.3) is 0 Å². The number of hydrogen-bond acceptors (Lipinski definition) is 10. The second-order valence-corrected chi connectivity index (χ2v) is 21.6. The highest BCUT2D eigenvalue weighted by Gasteiger charge is 2.28. The molecule has 12 heteroatoms. The van der Waals surface area contributed by atoms with E-state index in [9.17, 15) is 28.9 Å². The predicted octanol–water partition coefficient (Wildman–Crippen LogP) is 17.9. The second kappa shape index (κ2) is 56.4. The maximum Gasteiger partial charge on any atom is 0.472 e. The first kappa shape index (κ1) is 71.2. The molecule has 0 aromatic heterocycles. The second-order valence-electron chi connectivity index (χ2n) is 20.1. The molecule has 0 aliphatic carbocycles. The summed E-state index contributed by atoms with van der Waals surface area (Å²) < 4.78 is 39.5. The van der Waals surface area contributed by atoms with Crippen LogP contribution in [0.1, 0.15) is 278 Å². The number of aliphatic hydroxyl groups excluding tert-OH is 1. The Labute approximate surface area is 453 Å². The third-order valence-electron chi connectivity index (χ3n) is 12.9. The molecule has 0 radical (unpaired) electrons. The van der Waals surface area contributed by atoms with Crippen molar-refractivity contribution in [2.45, 2.75) is 290 Å². The zero-order chi connectivity index (χ0) is 54.1. The van der Waals surface area contributed by atoms with Crippen molar-refractivity contribution < 1.29 is 52.2 Å². The smallest absolute Gasteiger partial charge is 0.462 e. The fourth-order valence-electron chi connectivity index (χ4n) is 8.34. The summed E-state index contributed by atoms with van der Waals surface area (Å²) in [5.74, 6) is -1.47. The van der Waals surface area contributed by atoms with Gasteiger partial charge < -0.3 is 24.2 Å². The van der Waals surface area contributed by atoms with Crippen molar-refractivity contribution >= 4 is 25.7 Å². The Balaban J connectivity index is 4.59. The van der Waals surface area contributed by atoms with E-state index in [0.29, 0.717) is 19.3 Å². The lowest BCUT2D eigenvalue weighted by atomic mass is 10.1. The molecule has 0 bridgehead atoms. The lowest BCUT2D eigenvalue weighted by Crippen LogP contribution is -2.30. The van der Waals surface area contributed by atoms with Gasteiger partial charge in [0.2, 0.25) is 0 Å². The van der Waals surface area contributed by atoms with Crippen LogP contribution in [-0.4, -0.2) is 66.5 Å². The summed E-state index contributed by atoms with van der Waals surface area (Å²) in [6.45, 7) is 4.52. The zero-order valence-corrected chi connectivity index (χ0v) is 48.5. The van der Waals surface area contributed by atoms with Crippen LogP contribution in [0, 0.1) is 0 Å². The molecule has 0 fully saturated rings. The minimum atomic E-state index is -4.75. The molecule has 0 spiro atoms. The third-order valence-corrected chi connectivity index (χ3v) is 13.9. The molecule has 0 rings (SSSR count). The van der Waals surface area contributed by atoms with Gasteiger partial charge in [-0.15, -0.1) is 0 Å². The normalized spacial score (nSPS) is 13.7. The average Bonchev–Trinajstić information content (AvgIpc) is 3.39. The van der Waals surface area contributed by atoms with Gasteiger partial charge in [-0.2, -0.15) is 0 Å². The number of carbonyl (C=O) groups is 3. The number of rotatable bonds is 56. The molecule has 2 N–H and O–H groups in total. The van der Waals surface area contributed by atoms with Crippen LogP contribution in [0.15, 0.2) is 60.8 Å². The summed E-state index contributed by atoms with van der Waals surface area (Å²) in [7, 11) is -4.75. The lowest BCUT2D eigenvalue weighted by Gasteiger charge is -2.21. The SMILES string of the molecule is CC/C=C\C/C=C\C/C=C\C/C=C\CCCCCCCCC(=O)OC(COC(=O)CCCCCCCCCCC)COP(=O)(O)OCC(CO)OC(=O)CCCCCCCCCCC/C=C\CCCCCCCC. The Kier molecular flexibility index (Phi) is 54.2. The first-order valence-electron chi connectivity index (χ1n) is 30.2. The highest BCUT2D eigenvalue weighted by Crippen LogP contribution is 2.43. The zero-order valence-electron chi connectivity index (χ0n) is 47.6. The predicted molar refractivity (Wildman–Crippen MR) is 307 cm³/mol. The van der Waals surface area contributed by atoms with Crippen molar-refractivity contribution in [1.82, 2.24) is 0 Å². The molecule has 11 nitrogen and oxygen atoms in total. The van der Waals surface area contributed by atoms with Crippen LogP contribution in [0.4, 0.5) is 0 Å². The van der Waals surface area contributed by atoms with E-state index in [2.05, 4.69) is 81.5 Å². The molecule has 3 unspecified atom stereocenters. The van der Waals surface area contributed by atoms with Gasteiger partial charge in [0.05, 0.1) is 19.8 Å². The molecule has 74 heavy (non-hydrogen) atoms. The maximum absolute atomic E-state index is 12.9. The quantitative estimate of drug-likeness (QED) is 0.0197. The van der Waals surface area contributed by atoms with Gasteiger partial charge in [-0.25, -0.2) is 4.57 Å². The molecule has 3 atom stereocenters. The number of esters is 3. The maximum atomic E-state index is 12.9. The number of hydrogen-bond donors (Lipinski definition) is 2. The average molecular weight is 1060 g/mol. The summed E-state index contributed by atoms with van der Waals surface area (Å²) in [5, 5.41) is 9.83. The summed E-state index contributed by atoms with van der Waals surface area (Å²) in [4.78, 5) is 48.5. The van der Waals surface area contributed by atoms with E-state index in [1.165, 1.54) is 116 Å². The highest BCUT2D eigenvalue weighted by atomic mass is 31.2. The lowest BCUT2D eigenvalue weighted by molar-refractivity contribution is -0.161. The fourth-order valence-corrected chi connectivity index (χ4v) is 9.13. The van der Waals surface area contributed by atoms with Crippen LogP contribution in [0.3, 0.4) is 0 Å². The molecule has 0 aromatic rings. The Bertz CT molecular complexity index is 1470. The van der Waals surface area contributed by atoms with Gasteiger partial charge in [0, 0.05) is 19.3 Å². The van der Waals surface area contributed by atoms with E-state index in [1.807, 2.05) is 0 Å². The van der Waals surface area contributed by atoms with Crippen molar-refractivity contribution in [3.8, 4) is 0 Å². The third kappa shape index (κ3) is 54.0. The van der Waals surface area contributed by atoms with Gasteiger partial charge in [0.15, 0.2) is 6.10 Å². The summed E-state index contributed by atoms with van der Waals surface area (Å²) >= 11 is 0. The van der Waals surface area contributed by atoms with Gasteiger partial charge in [0.1, 0.15) is 12.7 Å². The van der Waals surface area contributed by atoms with Crippen molar-refractivity contribution in [3.05, 3.63) is 60.8 Å². The van der Waals surface area contributed by atoms with Gasteiger partial charge in [-0.05, 0) is 83.5 Å². The Hall–Kier alpha value is -2.82. The topological polar surface area (TPSA) is 155 Å². The molecule has 430 valence electrons. The van der Waals surface area contributed by atoms with E-state index >= 15 is 0 Å². The first-order valence-corrected chi connectivity index (χ1v) is 31.7. The first-order chi connectivity index (χ1) is 36.2. The van der Waals surface area contributed by atoms with E-state index in [1.54, 1.807) is 0 Å². The molecule has 0 aliphatic rings. The molecular formula is C62H111O11P. The van der Waals surface area contributed by atoms with Crippen molar-refractivity contribution in [2.24, 2.45) is 0 Å².